The van der Waals surface area contributed by atoms with Crippen LogP contribution < -0.4 is 5.32 Å². The predicted molar refractivity (Wildman–Crippen MR) is 97.0 cm³/mol. The molecule has 0 bridgehead atoms. The predicted octanol–water partition coefficient (Wildman–Crippen LogP) is 2.18. The van der Waals surface area contributed by atoms with E-state index in [-0.39, 0.29) is 11.6 Å². The number of anilines is 1. The Balaban J connectivity index is 1.97. The van der Waals surface area contributed by atoms with E-state index in [2.05, 4.69) is 5.32 Å². The van der Waals surface area contributed by atoms with Crippen molar-refractivity contribution in [1.29, 1.82) is 0 Å². The number of halogens is 1. The topological polar surface area (TPSA) is 69.7 Å². The van der Waals surface area contributed by atoms with Crippen molar-refractivity contribution >= 4 is 23.4 Å². The first-order chi connectivity index (χ1) is 12.1. The molecule has 3 amide bonds. The van der Waals surface area contributed by atoms with Crippen molar-refractivity contribution in [3.05, 3.63) is 29.6 Å². The molecule has 1 aliphatic heterocycles. The van der Waals surface area contributed by atoms with Gasteiger partial charge < -0.3 is 15.1 Å². The number of carbonyl (C=O) groups is 3. The van der Waals surface area contributed by atoms with E-state index in [0.29, 0.717) is 38.2 Å². The van der Waals surface area contributed by atoms with Crippen LogP contribution in [0.25, 0.3) is 0 Å². The van der Waals surface area contributed by atoms with Gasteiger partial charge in [-0.2, -0.15) is 0 Å². The monoisotopic (exact) mass is 363 g/mol. The molecule has 1 saturated heterocycles. The molecule has 1 aromatic carbocycles. The van der Waals surface area contributed by atoms with Gasteiger partial charge in [0, 0.05) is 37.3 Å². The van der Waals surface area contributed by atoms with Gasteiger partial charge in [0.05, 0.1) is 0 Å². The number of nitrogens with one attached hydrogen (secondary N) is 1. The number of rotatable bonds is 1. The highest BCUT2D eigenvalue weighted by Gasteiger charge is 2.30. The molecule has 1 aliphatic rings. The third kappa shape index (κ3) is 4.80. The number of nitrogens with zero attached hydrogens (tertiary/aromatic N) is 2. The second-order valence-corrected chi connectivity index (χ2v) is 7.61. The van der Waals surface area contributed by atoms with Gasteiger partial charge >= 0.3 is 11.8 Å². The highest BCUT2D eigenvalue weighted by molar-refractivity contribution is 6.39. The van der Waals surface area contributed by atoms with E-state index >= 15 is 0 Å². The fraction of sp³-hybridized carbons (Fsp3) is 0.526. The molecule has 7 heteroatoms. The average Bonchev–Trinajstić information content (AvgIpc) is 2.81. The van der Waals surface area contributed by atoms with Crippen LogP contribution in [0.5, 0.6) is 0 Å². The molecule has 0 spiro atoms. The van der Waals surface area contributed by atoms with Gasteiger partial charge in [-0.05, 0) is 31.0 Å². The van der Waals surface area contributed by atoms with Crippen molar-refractivity contribution in [3.63, 3.8) is 0 Å². The summed E-state index contributed by atoms with van der Waals surface area (Å²) in [5.74, 6) is -1.88. The van der Waals surface area contributed by atoms with E-state index in [1.165, 1.54) is 17.0 Å². The second-order valence-electron chi connectivity index (χ2n) is 7.61. The van der Waals surface area contributed by atoms with Gasteiger partial charge in [-0.15, -0.1) is 0 Å². The third-order valence-corrected chi connectivity index (χ3v) is 4.34. The molecule has 1 fully saturated rings. The van der Waals surface area contributed by atoms with E-state index in [1.54, 1.807) is 17.9 Å². The Labute approximate surface area is 153 Å². The highest BCUT2D eigenvalue weighted by atomic mass is 19.1. The third-order valence-electron chi connectivity index (χ3n) is 4.34. The molecule has 1 aromatic rings. The zero-order valence-electron chi connectivity index (χ0n) is 15.8. The van der Waals surface area contributed by atoms with Gasteiger partial charge in [0.15, 0.2) is 0 Å². The maximum Gasteiger partial charge on any atom is 0.313 e. The normalized spacial score (nSPS) is 15.4. The molecule has 0 aromatic heterocycles. The fourth-order valence-corrected chi connectivity index (χ4v) is 2.80. The van der Waals surface area contributed by atoms with Crippen molar-refractivity contribution in [2.24, 2.45) is 5.41 Å². The standard InChI is InChI=1S/C19H26FN3O3/c1-13-6-7-14(12-15(13)20)21-16(24)17(25)22-8-5-9-23(11-10-22)18(26)19(2,3)4/h6-7,12H,5,8-11H2,1-4H3,(H,21,24). The van der Waals surface area contributed by atoms with E-state index in [0.717, 1.165) is 0 Å². The number of hydrogen-bond acceptors (Lipinski definition) is 3. The maximum atomic E-state index is 13.6. The van der Waals surface area contributed by atoms with Crippen LogP contribution in [-0.4, -0.2) is 53.7 Å². The molecule has 142 valence electrons. The first kappa shape index (κ1) is 19.9. The number of hydrogen-bond donors (Lipinski definition) is 1. The van der Waals surface area contributed by atoms with Gasteiger partial charge in [-0.1, -0.05) is 26.8 Å². The molecule has 2 rings (SSSR count). The van der Waals surface area contributed by atoms with Crippen LogP contribution in [0.3, 0.4) is 0 Å². The molecule has 26 heavy (non-hydrogen) atoms. The van der Waals surface area contributed by atoms with Crippen LogP contribution in [0.1, 0.15) is 32.8 Å². The van der Waals surface area contributed by atoms with E-state index in [4.69, 9.17) is 0 Å². The van der Waals surface area contributed by atoms with Crippen molar-refractivity contribution in [3.8, 4) is 0 Å². The summed E-state index contributed by atoms with van der Waals surface area (Å²) in [7, 11) is 0. The van der Waals surface area contributed by atoms with Crippen molar-refractivity contribution < 1.29 is 18.8 Å². The molecule has 1 heterocycles. The Morgan fingerprint density at radius 3 is 2.27 bits per heavy atom. The van der Waals surface area contributed by atoms with E-state index in [9.17, 15) is 18.8 Å². The largest absolute Gasteiger partial charge is 0.340 e. The lowest BCUT2D eigenvalue weighted by atomic mass is 9.94. The molecule has 6 nitrogen and oxygen atoms in total. The Hall–Kier alpha value is -2.44. The van der Waals surface area contributed by atoms with E-state index in [1.807, 2.05) is 20.8 Å². The number of carbonyl (C=O) groups excluding carboxylic acids is 3. The Bertz CT molecular complexity index is 712. The van der Waals surface area contributed by atoms with Crippen molar-refractivity contribution in [2.45, 2.75) is 34.1 Å². The molecule has 1 N–H and O–H groups in total. The molecule has 0 aliphatic carbocycles. The summed E-state index contributed by atoms with van der Waals surface area (Å²) in [6.45, 7) is 8.86. The van der Waals surface area contributed by atoms with Crippen LogP contribution >= 0.6 is 0 Å². The highest BCUT2D eigenvalue weighted by Crippen LogP contribution is 2.19. The lowest BCUT2D eigenvalue weighted by Crippen LogP contribution is -2.44. The lowest BCUT2D eigenvalue weighted by Gasteiger charge is -2.28. The van der Waals surface area contributed by atoms with Crippen LogP contribution in [0.15, 0.2) is 18.2 Å². The summed E-state index contributed by atoms with van der Waals surface area (Å²) < 4.78 is 13.6. The summed E-state index contributed by atoms with van der Waals surface area (Å²) in [5, 5.41) is 2.43. The smallest absolute Gasteiger partial charge is 0.313 e. The molecular weight excluding hydrogens is 337 g/mol. The zero-order chi connectivity index (χ0) is 19.5. The quantitative estimate of drug-likeness (QED) is 0.778. The first-order valence-electron chi connectivity index (χ1n) is 8.75. The first-order valence-corrected chi connectivity index (χ1v) is 8.75. The van der Waals surface area contributed by atoms with Gasteiger partial charge in [0.2, 0.25) is 5.91 Å². The van der Waals surface area contributed by atoms with Gasteiger partial charge in [-0.25, -0.2) is 4.39 Å². The number of aryl methyl sites for hydroxylation is 1. The minimum Gasteiger partial charge on any atom is -0.340 e. The van der Waals surface area contributed by atoms with Crippen LogP contribution in [0.2, 0.25) is 0 Å². The Morgan fingerprint density at radius 1 is 1.04 bits per heavy atom. The number of benzene rings is 1. The van der Waals surface area contributed by atoms with Crippen molar-refractivity contribution in [1.82, 2.24) is 9.80 Å². The minimum absolute atomic E-state index is 0.0337. The van der Waals surface area contributed by atoms with Crippen molar-refractivity contribution in [2.75, 3.05) is 31.5 Å². The molecular formula is C19H26FN3O3. The Morgan fingerprint density at radius 2 is 1.65 bits per heavy atom. The van der Waals surface area contributed by atoms with E-state index < -0.39 is 23.0 Å². The maximum absolute atomic E-state index is 13.6. The molecule has 0 radical (unpaired) electrons. The molecule has 0 saturated carbocycles. The summed E-state index contributed by atoms with van der Waals surface area (Å²) >= 11 is 0. The number of amides is 3. The summed E-state index contributed by atoms with van der Waals surface area (Å²) in [6, 6.07) is 4.28. The summed E-state index contributed by atoms with van der Waals surface area (Å²) in [5.41, 5.74) is 0.225. The van der Waals surface area contributed by atoms with Gasteiger partial charge in [0.1, 0.15) is 5.82 Å². The fourth-order valence-electron chi connectivity index (χ4n) is 2.80. The van der Waals surface area contributed by atoms with Crippen LogP contribution in [0, 0.1) is 18.2 Å². The minimum atomic E-state index is -0.802. The zero-order valence-corrected chi connectivity index (χ0v) is 15.8. The second kappa shape index (κ2) is 7.85. The molecule has 0 atom stereocenters. The lowest BCUT2D eigenvalue weighted by molar-refractivity contribution is -0.143. The van der Waals surface area contributed by atoms with Crippen LogP contribution in [0.4, 0.5) is 10.1 Å². The summed E-state index contributed by atoms with van der Waals surface area (Å²) in [6.07, 6.45) is 0.611. The SMILES string of the molecule is Cc1ccc(NC(=O)C(=O)N2CCCN(C(=O)C(C)(C)C)CC2)cc1F. The average molecular weight is 363 g/mol. The van der Waals surface area contributed by atoms with Gasteiger partial charge in [0.25, 0.3) is 0 Å². The Kier molecular flexibility index (Phi) is 6.00. The summed E-state index contributed by atoms with van der Waals surface area (Å²) in [4.78, 5) is 40.2. The molecule has 0 unspecified atom stereocenters. The van der Waals surface area contributed by atoms with Crippen LogP contribution in [-0.2, 0) is 14.4 Å². The van der Waals surface area contributed by atoms with Gasteiger partial charge in [-0.3, -0.25) is 14.4 Å².